The van der Waals surface area contributed by atoms with Crippen molar-refractivity contribution in [2.75, 3.05) is 18.4 Å². The highest BCUT2D eigenvalue weighted by Crippen LogP contribution is 2.29. The minimum Gasteiger partial charge on any atom is -0.339 e. The van der Waals surface area contributed by atoms with Crippen molar-refractivity contribution in [2.24, 2.45) is 0 Å². The van der Waals surface area contributed by atoms with Gasteiger partial charge in [-0.3, -0.25) is 9.59 Å². The van der Waals surface area contributed by atoms with Crippen LogP contribution in [0.5, 0.6) is 0 Å². The molecule has 0 bridgehead atoms. The van der Waals surface area contributed by atoms with Crippen molar-refractivity contribution in [2.45, 2.75) is 32.1 Å². The monoisotopic (exact) mass is 429 g/mol. The number of carbonyl (C=O) groups is 2. The van der Waals surface area contributed by atoms with Crippen LogP contribution < -0.4 is 5.32 Å². The molecule has 2 aromatic carbocycles. The number of hydrogen-bond acceptors (Lipinski definition) is 6. The van der Waals surface area contributed by atoms with Crippen LogP contribution in [0.2, 0.25) is 0 Å². The van der Waals surface area contributed by atoms with Crippen LogP contribution in [0.3, 0.4) is 0 Å². The second-order valence-electron chi connectivity index (χ2n) is 7.72. The molecule has 162 valence electrons. The first kappa shape index (κ1) is 21.2. The van der Waals surface area contributed by atoms with Gasteiger partial charge in [-0.1, -0.05) is 24.2 Å². The van der Waals surface area contributed by atoms with Gasteiger partial charge in [0.2, 0.25) is 17.6 Å². The van der Waals surface area contributed by atoms with Gasteiger partial charge in [-0.15, -0.1) is 0 Å². The number of carbonyl (C=O) groups excluding carboxylic acids is 2. The second kappa shape index (κ2) is 9.43. The van der Waals surface area contributed by atoms with E-state index in [4.69, 9.17) is 9.78 Å². The third kappa shape index (κ3) is 4.67. The van der Waals surface area contributed by atoms with Crippen LogP contribution in [0.4, 0.5) is 5.69 Å². The molecule has 1 fully saturated rings. The van der Waals surface area contributed by atoms with E-state index in [0.29, 0.717) is 48.0 Å². The Labute approximate surface area is 185 Å². The molecule has 1 saturated heterocycles. The fourth-order valence-corrected chi connectivity index (χ4v) is 3.74. The van der Waals surface area contributed by atoms with Crippen LogP contribution in [-0.4, -0.2) is 39.9 Å². The summed E-state index contributed by atoms with van der Waals surface area (Å²) < 4.78 is 5.54. The molecule has 0 unspecified atom stereocenters. The summed E-state index contributed by atoms with van der Waals surface area (Å²) >= 11 is 0. The van der Waals surface area contributed by atoms with Crippen molar-refractivity contribution < 1.29 is 14.1 Å². The number of amides is 2. The number of nitriles is 1. The number of likely N-dealkylation sites (tertiary alicyclic amines) is 1. The summed E-state index contributed by atoms with van der Waals surface area (Å²) in [6.45, 7) is 2.95. The quantitative estimate of drug-likeness (QED) is 0.657. The Morgan fingerprint density at radius 1 is 1.25 bits per heavy atom. The maximum atomic E-state index is 12.9. The lowest BCUT2D eigenvalue weighted by atomic mass is 9.97. The molecule has 2 heterocycles. The number of hydrogen-bond donors (Lipinski definition) is 1. The second-order valence-corrected chi connectivity index (χ2v) is 7.72. The minimum atomic E-state index is -0.0710. The van der Waals surface area contributed by atoms with Crippen molar-refractivity contribution in [3.8, 4) is 17.5 Å². The highest BCUT2D eigenvalue weighted by Gasteiger charge is 2.29. The first-order valence-corrected chi connectivity index (χ1v) is 10.6. The summed E-state index contributed by atoms with van der Waals surface area (Å²) in [5.74, 6) is 0.766. The van der Waals surface area contributed by atoms with Crippen molar-refractivity contribution in [1.29, 1.82) is 5.26 Å². The van der Waals surface area contributed by atoms with Gasteiger partial charge >= 0.3 is 0 Å². The van der Waals surface area contributed by atoms with E-state index in [1.165, 1.54) is 0 Å². The molecule has 1 aliphatic rings. The molecular weight excluding hydrogens is 406 g/mol. The Morgan fingerprint density at radius 3 is 2.81 bits per heavy atom. The predicted molar refractivity (Wildman–Crippen MR) is 118 cm³/mol. The lowest BCUT2D eigenvalue weighted by molar-refractivity contribution is -0.115. The van der Waals surface area contributed by atoms with E-state index in [2.05, 4.69) is 21.5 Å². The Kier molecular flexibility index (Phi) is 6.26. The lowest BCUT2D eigenvalue weighted by Gasteiger charge is -2.31. The van der Waals surface area contributed by atoms with Gasteiger partial charge in [-0.25, -0.2) is 0 Å². The Bertz CT molecular complexity index is 1160. The largest absolute Gasteiger partial charge is 0.339 e. The molecule has 2 amide bonds. The lowest BCUT2D eigenvalue weighted by Crippen LogP contribution is -2.39. The summed E-state index contributed by atoms with van der Waals surface area (Å²) in [6.07, 6.45) is 2.09. The van der Waals surface area contributed by atoms with Crippen LogP contribution in [0.25, 0.3) is 11.4 Å². The third-order valence-corrected chi connectivity index (χ3v) is 5.49. The van der Waals surface area contributed by atoms with Crippen LogP contribution in [-0.2, 0) is 4.79 Å². The SMILES string of the molecule is CCC(=O)Nc1cccc(-c2noc([C@H]3CCCN(C(=O)c4ccc(C#N)cc4)C3)n2)c1. The van der Waals surface area contributed by atoms with Gasteiger partial charge < -0.3 is 14.7 Å². The van der Waals surface area contributed by atoms with Crippen LogP contribution >= 0.6 is 0 Å². The predicted octanol–water partition coefficient (Wildman–Crippen LogP) is 3.98. The van der Waals surface area contributed by atoms with Gasteiger partial charge in [0, 0.05) is 36.3 Å². The number of rotatable bonds is 5. The van der Waals surface area contributed by atoms with Crippen molar-refractivity contribution in [3.63, 3.8) is 0 Å². The molecule has 1 aliphatic heterocycles. The van der Waals surface area contributed by atoms with Crippen molar-refractivity contribution in [1.82, 2.24) is 15.0 Å². The van der Waals surface area contributed by atoms with Crippen LogP contribution in [0, 0.1) is 11.3 Å². The van der Waals surface area contributed by atoms with E-state index in [1.807, 2.05) is 24.3 Å². The highest BCUT2D eigenvalue weighted by molar-refractivity contribution is 5.94. The van der Waals surface area contributed by atoms with E-state index in [-0.39, 0.29) is 17.7 Å². The highest BCUT2D eigenvalue weighted by atomic mass is 16.5. The van der Waals surface area contributed by atoms with E-state index < -0.39 is 0 Å². The van der Waals surface area contributed by atoms with E-state index >= 15 is 0 Å². The molecule has 0 radical (unpaired) electrons. The van der Waals surface area contributed by atoms with E-state index in [0.717, 1.165) is 18.4 Å². The maximum absolute atomic E-state index is 12.9. The smallest absolute Gasteiger partial charge is 0.253 e. The van der Waals surface area contributed by atoms with Crippen molar-refractivity contribution >= 4 is 17.5 Å². The summed E-state index contributed by atoms with van der Waals surface area (Å²) in [4.78, 5) is 30.9. The molecule has 1 aromatic heterocycles. The summed E-state index contributed by atoms with van der Waals surface area (Å²) in [5.41, 5.74) is 2.50. The molecule has 0 aliphatic carbocycles. The minimum absolute atomic E-state index is 0.0460. The number of piperidine rings is 1. The van der Waals surface area contributed by atoms with E-state index in [1.54, 1.807) is 36.1 Å². The Balaban J connectivity index is 1.47. The van der Waals surface area contributed by atoms with Gasteiger partial charge in [-0.2, -0.15) is 10.2 Å². The molecule has 32 heavy (non-hydrogen) atoms. The maximum Gasteiger partial charge on any atom is 0.253 e. The molecule has 3 aromatic rings. The molecular formula is C24H23N5O3. The van der Waals surface area contributed by atoms with Gasteiger partial charge in [0.15, 0.2) is 0 Å². The van der Waals surface area contributed by atoms with Crippen LogP contribution in [0.1, 0.15) is 53.9 Å². The van der Waals surface area contributed by atoms with Crippen LogP contribution in [0.15, 0.2) is 53.1 Å². The fraction of sp³-hybridized carbons (Fsp3) is 0.292. The van der Waals surface area contributed by atoms with Crippen molar-refractivity contribution in [3.05, 3.63) is 65.5 Å². The Hall–Kier alpha value is -3.99. The average Bonchev–Trinajstić information content (AvgIpc) is 3.34. The third-order valence-electron chi connectivity index (χ3n) is 5.49. The molecule has 8 heteroatoms. The zero-order valence-corrected chi connectivity index (χ0v) is 17.7. The molecule has 0 spiro atoms. The molecule has 4 rings (SSSR count). The molecule has 1 N–H and O–H groups in total. The Morgan fingerprint density at radius 2 is 2.06 bits per heavy atom. The van der Waals surface area contributed by atoms with Gasteiger partial charge in [0.1, 0.15) is 0 Å². The van der Waals surface area contributed by atoms with Gasteiger partial charge in [0.25, 0.3) is 5.91 Å². The first-order valence-electron chi connectivity index (χ1n) is 10.6. The summed E-state index contributed by atoms with van der Waals surface area (Å²) in [7, 11) is 0. The normalized spacial score (nSPS) is 15.8. The van der Waals surface area contributed by atoms with Gasteiger partial charge in [0.05, 0.1) is 17.6 Å². The first-order chi connectivity index (χ1) is 15.6. The number of benzene rings is 2. The number of anilines is 1. The number of nitrogens with one attached hydrogen (secondary N) is 1. The molecule has 0 saturated carbocycles. The zero-order chi connectivity index (χ0) is 22.5. The molecule has 1 atom stereocenters. The van der Waals surface area contributed by atoms with Gasteiger partial charge in [-0.05, 0) is 49.2 Å². The summed E-state index contributed by atoms with van der Waals surface area (Å²) in [6, 6.07) is 16.0. The van der Waals surface area contributed by atoms with E-state index in [9.17, 15) is 9.59 Å². The molecule has 8 nitrogen and oxygen atoms in total. The fourth-order valence-electron chi connectivity index (χ4n) is 3.74. The zero-order valence-electron chi connectivity index (χ0n) is 17.7. The number of aromatic nitrogens is 2. The standard InChI is InChI=1S/C24H23N5O3/c1-2-21(30)26-20-7-3-5-18(13-20)22-27-23(32-28-22)19-6-4-12-29(15-19)24(31)17-10-8-16(14-25)9-11-17/h3,5,7-11,13,19H,2,4,6,12,15H2,1H3,(H,26,30)/t19-/m0/s1. The topological polar surface area (TPSA) is 112 Å². The summed E-state index contributed by atoms with van der Waals surface area (Å²) in [5, 5.41) is 15.9. The number of nitrogens with zero attached hydrogens (tertiary/aromatic N) is 4. The average molecular weight is 429 g/mol.